The van der Waals surface area contributed by atoms with Gasteiger partial charge in [-0.1, -0.05) is 0 Å². The monoisotopic (exact) mass is 182 g/mol. The predicted octanol–water partition coefficient (Wildman–Crippen LogP) is 1.24. The van der Waals surface area contributed by atoms with Crippen LogP contribution in [0.25, 0.3) is 0 Å². The van der Waals surface area contributed by atoms with Crippen molar-refractivity contribution < 1.29 is 14.3 Å². The zero-order valence-corrected chi connectivity index (χ0v) is 7.70. The highest BCUT2D eigenvalue weighted by atomic mass is 16.7. The summed E-state index contributed by atoms with van der Waals surface area (Å²) in [5, 5.41) is 0. The second kappa shape index (κ2) is 3.84. The maximum Gasteiger partial charge on any atom is 0.514 e. The maximum atomic E-state index is 10.7. The molecule has 5 nitrogen and oxygen atoms in total. The van der Waals surface area contributed by atoms with Crippen molar-refractivity contribution in [2.45, 2.75) is 13.8 Å². The van der Waals surface area contributed by atoms with E-state index >= 15 is 0 Å². The molecule has 0 fully saturated rings. The number of ether oxygens (including phenoxy) is 2. The fourth-order valence-corrected chi connectivity index (χ4v) is 0.862. The van der Waals surface area contributed by atoms with Crippen LogP contribution in [0.2, 0.25) is 0 Å². The molecule has 0 aliphatic heterocycles. The van der Waals surface area contributed by atoms with Gasteiger partial charge in [-0.25, -0.2) is 9.78 Å². The molecule has 0 radical (unpaired) electrons. The summed E-state index contributed by atoms with van der Waals surface area (Å²) in [6.45, 7) is 3.51. The van der Waals surface area contributed by atoms with Crippen LogP contribution in [0.4, 0.5) is 4.79 Å². The minimum absolute atomic E-state index is 0.205. The predicted molar refractivity (Wildman–Crippen MR) is 44.5 cm³/mol. The molecule has 1 aromatic heterocycles. The molecule has 0 N–H and O–H groups in total. The molecule has 0 saturated carbocycles. The third-order valence-corrected chi connectivity index (χ3v) is 1.30. The molecule has 1 aromatic rings. The fraction of sp³-hybridized carbons (Fsp3) is 0.375. The standard InChI is InChI=1S/C8H10N2O3/c1-5-4-7(10-6(2)9-5)13-8(11)12-3/h4H,1-3H3. The summed E-state index contributed by atoms with van der Waals surface area (Å²) in [4.78, 5) is 18.6. The maximum absolute atomic E-state index is 10.7. The first-order valence-corrected chi connectivity index (χ1v) is 3.70. The van der Waals surface area contributed by atoms with E-state index in [0.29, 0.717) is 5.82 Å². The van der Waals surface area contributed by atoms with Crippen LogP contribution >= 0.6 is 0 Å². The van der Waals surface area contributed by atoms with Gasteiger partial charge in [-0.15, -0.1) is 0 Å². The van der Waals surface area contributed by atoms with Crippen LogP contribution in [0.1, 0.15) is 11.5 Å². The molecule has 0 aliphatic rings. The number of carbonyl (C=O) groups excluding carboxylic acids is 1. The number of hydrogen-bond acceptors (Lipinski definition) is 5. The van der Waals surface area contributed by atoms with Crippen molar-refractivity contribution in [1.82, 2.24) is 9.97 Å². The molecular weight excluding hydrogens is 172 g/mol. The van der Waals surface area contributed by atoms with E-state index in [1.165, 1.54) is 7.11 Å². The summed E-state index contributed by atoms with van der Waals surface area (Å²) in [6, 6.07) is 1.56. The fourth-order valence-electron chi connectivity index (χ4n) is 0.862. The first-order chi connectivity index (χ1) is 6.11. The Bertz CT molecular complexity index is 305. The molecule has 1 rings (SSSR count). The van der Waals surface area contributed by atoms with E-state index in [-0.39, 0.29) is 5.88 Å². The number of rotatable bonds is 1. The molecule has 0 aromatic carbocycles. The van der Waals surface area contributed by atoms with Gasteiger partial charge < -0.3 is 9.47 Å². The van der Waals surface area contributed by atoms with Crippen molar-refractivity contribution in [3.05, 3.63) is 17.6 Å². The summed E-state index contributed by atoms with van der Waals surface area (Å²) in [5.41, 5.74) is 0.742. The number of aromatic nitrogens is 2. The number of carbonyl (C=O) groups is 1. The summed E-state index contributed by atoms with van der Waals surface area (Å²) < 4.78 is 9.03. The lowest BCUT2D eigenvalue weighted by atomic mass is 10.4. The molecule has 0 unspecified atom stereocenters. The summed E-state index contributed by atoms with van der Waals surface area (Å²) in [6.07, 6.45) is -0.780. The molecule has 0 saturated heterocycles. The van der Waals surface area contributed by atoms with Crippen molar-refractivity contribution >= 4 is 6.16 Å². The highest BCUT2D eigenvalue weighted by Crippen LogP contribution is 2.08. The molecule has 0 spiro atoms. The lowest BCUT2D eigenvalue weighted by Gasteiger charge is -2.02. The van der Waals surface area contributed by atoms with Gasteiger partial charge in [0.15, 0.2) is 0 Å². The summed E-state index contributed by atoms with van der Waals surface area (Å²) in [7, 11) is 1.24. The van der Waals surface area contributed by atoms with Gasteiger partial charge in [0, 0.05) is 11.8 Å². The van der Waals surface area contributed by atoms with Crippen LogP contribution in [-0.2, 0) is 4.74 Å². The smallest absolute Gasteiger partial charge is 0.437 e. The van der Waals surface area contributed by atoms with Gasteiger partial charge in [-0.05, 0) is 13.8 Å². The third kappa shape index (κ3) is 2.70. The molecule has 0 amide bonds. The van der Waals surface area contributed by atoms with E-state index in [2.05, 4.69) is 14.7 Å². The number of methoxy groups -OCH3 is 1. The second-order valence-corrected chi connectivity index (χ2v) is 2.45. The van der Waals surface area contributed by atoms with E-state index in [1.54, 1.807) is 19.9 Å². The van der Waals surface area contributed by atoms with E-state index in [0.717, 1.165) is 5.69 Å². The quantitative estimate of drug-likeness (QED) is 0.611. The van der Waals surface area contributed by atoms with Crippen LogP contribution in [0, 0.1) is 13.8 Å². The van der Waals surface area contributed by atoms with Crippen LogP contribution < -0.4 is 4.74 Å². The number of aryl methyl sites for hydroxylation is 2. The molecular formula is C8H10N2O3. The third-order valence-electron chi connectivity index (χ3n) is 1.30. The Morgan fingerprint density at radius 1 is 1.38 bits per heavy atom. The van der Waals surface area contributed by atoms with Crippen LogP contribution in [0.15, 0.2) is 6.07 Å². The van der Waals surface area contributed by atoms with Gasteiger partial charge in [0.25, 0.3) is 0 Å². The van der Waals surface area contributed by atoms with E-state index in [4.69, 9.17) is 4.74 Å². The molecule has 0 atom stereocenters. The molecule has 5 heteroatoms. The Hall–Kier alpha value is -1.65. The van der Waals surface area contributed by atoms with Crippen molar-refractivity contribution in [1.29, 1.82) is 0 Å². The topological polar surface area (TPSA) is 61.3 Å². The lowest BCUT2D eigenvalue weighted by molar-refractivity contribution is 0.119. The number of nitrogens with zero attached hydrogens (tertiary/aromatic N) is 2. The van der Waals surface area contributed by atoms with Crippen LogP contribution in [-0.4, -0.2) is 23.2 Å². The molecule has 0 aliphatic carbocycles. The van der Waals surface area contributed by atoms with Crippen LogP contribution in [0.5, 0.6) is 5.88 Å². The Labute approximate surface area is 75.7 Å². The van der Waals surface area contributed by atoms with Gasteiger partial charge in [-0.2, -0.15) is 4.98 Å². The van der Waals surface area contributed by atoms with Gasteiger partial charge in [0.2, 0.25) is 5.88 Å². The first-order valence-electron chi connectivity index (χ1n) is 3.70. The molecule has 13 heavy (non-hydrogen) atoms. The highest BCUT2D eigenvalue weighted by Gasteiger charge is 2.05. The normalized spacial score (nSPS) is 9.46. The van der Waals surface area contributed by atoms with Gasteiger partial charge in [0.1, 0.15) is 5.82 Å². The van der Waals surface area contributed by atoms with Crippen molar-refractivity contribution in [3.8, 4) is 5.88 Å². The van der Waals surface area contributed by atoms with Crippen LogP contribution in [0.3, 0.4) is 0 Å². The average Bonchev–Trinajstić information content (AvgIpc) is 2.02. The average molecular weight is 182 g/mol. The van der Waals surface area contributed by atoms with Gasteiger partial charge >= 0.3 is 6.16 Å². The van der Waals surface area contributed by atoms with Gasteiger partial charge in [-0.3, -0.25) is 0 Å². The Morgan fingerprint density at radius 3 is 2.62 bits per heavy atom. The molecule has 1 heterocycles. The number of hydrogen-bond donors (Lipinski definition) is 0. The summed E-state index contributed by atoms with van der Waals surface area (Å²) >= 11 is 0. The zero-order valence-electron chi connectivity index (χ0n) is 7.70. The SMILES string of the molecule is COC(=O)Oc1cc(C)nc(C)n1. The van der Waals surface area contributed by atoms with Gasteiger partial charge in [0.05, 0.1) is 7.11 Å². The zero-order chi connectivity index (χ0) is 9.84. The highest BCUT2D eigenvalue weighted by molar-refractivity contribution is 5.62. The van der Waals surface area contributed by atoms with Crippen molar-refractivity contribution in [2.24, 2.45) is 0 Å². The van der Waals surface area contributed by atoms with Crippen molar-refractivity contribution in [3.63, 3.8) is 0 Å². The Balaban J connectivity index is 2.83. The largest absolute Gasteiger partial charge is 0.514 e. The summed E-state index contributed by atoms with van der Waals surface area (Å²) in [5.74, 6) is 0.760. The van der Waals surface area contributed by atoms with E-state index in [9.17, 15) is 4.79 Å². The van der Waals surface area contributed by atoms with Crippen molar-refractivity contribution in [2.75, 3.05) is 7.11 Å². The molecule has 0 bridgehead atoms. The first kappa shape index (κ1) is 9.44. The Morgan fingerprint density at radius 2 is 2.08 bits per heavy atom. The second-order valence-electron chi connectivity index (χ2n) is 2.45. The Kier molecular flexibility index (Phi) is 2.79. The lowest BCUT2D eigenvalue weighted by Crippen LogP contribution is -2.09. The minimum atomic E-state index is -0.780. The minimum Gasteiger partial charge on any atom is -0.437 e. The van der Waals surface area contributed by atoms with E-state index < -0.39 is 6.16 Å². The molecule has 70 valence electrons. The van der Waals surface area contributed by atoms with E-state index in [1.807, 2.05) is 0 Å².